The number of nitrogens with zero attached hydrogens (tertiary/aromatic N) is 4. The number of hydrogen-bond acceptors (Lipinski definition) is 3. The smallest absolute Gasteiger partial charge is 0.175 e. The van der Waals surface area contributed by atoms with Gasteiger partial charge >= 0.3 is 0 Å². The van der Waals surface area contributed by atoms with Gasteiger partial charge in [0.1, 0.15) is 0 Å². The molecule has 0 fully saturated rings. The largest absolute Gasteiger partial charge is 0.330 e. The number of hydrogen-bond donors (Lipinski definition) is 2. The molecule has 5 aromatic rings. The van der Waals surface area contributed by atoms with Crippen LogP contribution in [0.1, 0.15) is 11.1 Å². The van der Waals surface area contributed by atoms with Crippen molar-refractivity contribution in [1.29, 1.82) is 0 Å². The van der Waals surface area contributed by atoms with Gasteiger partial charge in [-0.1, -0.05) is 72.8 Å². The fraction of sp³-hybridized carbons (Fsp3) is 0.0800. The van der Waals surface area contributed by atoms with E-state index in [1.165, 1.54) is 21.9 Å². The first-order valence-corrected chi connectivity index (χ1v) is 10.8. The molecule has 0 aliphatic rings. The average molecular weight is 439 g/mol. The third kappa shape index (κ3) is 4.68. The summed E-state index contributed by atoms with van der Waals surface area (Å²) in [5.41, 5.74) is 4.09. The van der Waals surface area contributed by atoms with Gasteiger partial charge in [0.05, 0.1) is 36.9 Å². The first kappa shape index (κ1) is 20.0. The highest BCUT2D eigenvalue weighted by atomic mass is 32.1. The highest BCUT2D eigenvalue weighted by molar-refractivity contribution is 7.80. The van der Waals surface area contributed by atoms with Crippen LogP contribution in [0.5, 0.6) is 0 Å². The van der Waals surface area contributed by atoms with Crippen LogP contribution in [0.2, 0.25) is 0 Å². The number of thiocarbonyl (C=S) groups is 1. The van der Waals surface area contributed by atoms with E-state index in [1.54, 1.807) is 12.4 Å². The minimum atomic E-state index is 0.494. The van der Waals surface area contributed by atoms with Gasteiger partial charge in [-0.3, -0.25) is 9.36 Å². The van der Waals surface area contributed by atoms with E-state index in [1.807, 2.05) is 40.0 Å². The third-order valence-corrected chi connectivity index (χ3v) is 5.39. The molecule has 7 heteroatoms. The summed E-state index contributed by atoms with van der Waals surface area (Å²) < 4.78 is 3.78. The van der Waals surface area contributed by atoms with E-state index in [9.17, 15) is 0 Å². The molecule has 0 saturated carbocycles. The molecule has 5 rings (SSSR count). The molecule has 158 valence electrons. The van der Waals surface area contributed by atoms with Gasteiger partial charge < -0.3 is 10.6 Å². The molecule has 6 nitrogen and oxygen atoms in total. The van der Waals surface area contributed by atoms with Crippen molar-refractivity contribution < 1.29 is 0 Å². The van der Waals surface area contributed by atoms with Crippen molar-refractivity contribution in [2.45, 2.75) is 13.1 Å². The first-order valence-electron chi connectivity index (χ1n) is 10.4. The van der Waals surface area contributed by atoms with Crippen molar-refractivity contribution in [2.75, 3.05) is 10.6 Å². The highest BCUT2D eigenvalue weighted by Gasteiger charge is 2.06. The summed E-state index contributed by atoms with van der Waals surface area (Å²) in [6.07, 6.45) is 7.43. The quantitative estimate of drug-likeness (QED) is 0.360. The molecule has 0 aliphatic heterocycles. The molecule has 2 N–H and O–H groups in total. The van der Waals surface area contributed by atoms with Crippen LogP contribution in [0.4, 0.5) is 11.4 Å². The molecular formula is C25H22N6S. The Morgan fingerprint density at radius 3 is 2.09 bits per heavy atom. The van der Waals surface area contributed by atoms with Crippen molar-refractivity contribution in [3.63, 3.8) is 0 Å². The number of anilines is 2. The number of rotatable bonds is 6. The fourth-order valence-electron chi connectivity index (χ4n) is 3.70. The molecule has 2 heterocycles. The van der Waals surface area contributed by atoms with Crippen LogP contribution < -0.4 is 10.6 Å². The molecule has 0 bridgehead atoms. The second kappa shape index (κ2) is 9.03. The summed E-state index contributed by atoms with van der Waals surface area (Å²) in [7, 11) is 0. The van der Waals surface area contributed by atoms with Gasteiger partial charge in [0, 0.05) is 12.4 Å². The summed E-state index contributed by atoms with van der Waals surface area (Å²) >= 11 is 5.46. The normalized spacial score (nSPS) is 10.9. The maximum atomic E-state index is 5.46. The first-order chi connectivity index (χ1) is 15.7. The molecule has 0 saturated heterocycles. The lowest BCUT2D eigenvalue weighted by molar-refractivity contribution is 0.687. The Morgan fingerprint density at radius 1 is 0.719 bits per heavy atom. The fourth-order valence-corrected chi connectivity index (χ4v) is 3.93. The maximum absolute atomic E-state index is 5.46. The second-order valence-corrected chi connectivity index (χ2v) is 7.96. The van der Waals surface area contributed by atoms with Gasteiger partial charge in [0.25, 0.3) is 0 Å². The van der Waals surface area contributed by atoms with Gasteiger partial charge in [-0.2, -0.15) is 10.2 Å². The van der Waals surface area contributed by atoms with Crippen molar-refractivity contribution in [3.05, 3.63) is 109 Å². The topological polar surface area (TPSA) is 59.7 Å². The van der Waals surface area contributed by atoms with E-state index in [2.05, 4.69) is 75.4 Å². The van der Waals surface area contributed by atoms with Crippen LogP contribution in [0, 0.1) is 0 Å². The maximum Gasteiger partial charge on any atom is 0.175 e. The van der Waals surface area contributed by atoms with E-state index >= 15 is 0 Å². The molecule has 0 unspecified atom stereocenters. The lowest BCUT2D eigenvalue weighted by atomic mass is 10.0. The minimum Gasteiger partial charge on any atom is -0.330 e. The van der Waals surface area contributed by atoms with Gasteiger partial charge in [-0.25, -0.2) is 0 Å². The summed E-state index contributed by atoms with van der Waals surface area (Å²) in [5.74, 6) is 0. The van der Waals surface area contributed by atoms with Crippen molar-refractivity contribution in [2.24, 2.45) is 0 Å². The average Bonchev–Trinajstić information content (AvgIpc) is 3.44. The van der Waals surface area contributed by atoms with Crippen LogP contribution in [0.25, 0.3) is 10.8 Å². The number of nitrogens with one attached hydrogen (secondary N) is 2. The monoisotopic (exact) mass is 438 g/mol. The van der Waals surface area contributed by atoms with Crippen molar-refractivity contribution >= 4 is 39.5 Å². The van der Waals surface area contributed by atoms with Crippen LogP contribution >= 0.6 is 12.2 Å². The minimum absolute atomic E-state index is 0.494. The standard InChI is InChI=1S/C25H22N6S/c32-25(28-22-13-26-30(17-22)15-19-7-2-1-3-8-19)29-23-14-27-31(18-23)16-21-11-6-10-20-9-4-5-12-24(20)21/h1-14,17-18H,15-16H2,(H2,28,29,32). The van der Waals surface area contributed by atoms with E-state index in [0.29, 0.717) is 18.2 Å². The zero-order valence-electron chi connectivity index (χ0n) is 17.3. The summed E-state index contributed by atoms with van der Waals surface area (Å²) in [5, 5.41) is 18.2. The van der Waals surface area contributed by atoms with E-state index in [-0.39, 0.29) is 0 Å². The van der Waals surface area contributed by atoms with Crippen LogP contribution in [-0.4, -0.2) is 24.7 Å². The molecular weight excluding hydrogens is 416 g/mol. The zero-order valence-corrected chi connectivity index (χ0v) is 18.2. The predicted octanol–water partition coefficient (Wildman–Crippen LogP) is 5.14. The van der Waals surface area contributed by atoms with Crippen molar-refractivity contribution in [3.8, 4) is 0 Å². The molecule has 3 aromatic carbocycles. The van der Waals surface area contributed by atoms with Crippen molar-refractivity contribution in [1.82, 2.24) is 19.6 Å². The summed E-state index contributed by atoms with van der Waals surface area (Å²) in [6, 6.07) is 25.0. The van der Waals surface area contributed by atoms with Gasteiger partial charge in [0.2, 0.25) is 0 Å². The van der Waals surface area contributed by atoms with E-state index < -0.39 is 0 Å². The van der Waals surface area contributed by atoms with E-state index in [0.717, 1.165) is 11.4 Å². The van der Waals surface area contributed by atoms with Gasteiger partial charge in [-0.05, 0) is 34.1 Å². The van der Waals surface area contributed by atoms with E-state index in [4.69, 9.17) is 12.2 Å². The van der Waals surface area contributed by atoms with Gasteiger partial charge in [0.15, 0.2) is 5.11 Å². The second-order valence-electron chi connectivity index (χ2n) is 7.56. The Kier molecular flexibility index (Phi) is 5.63. The molecule has 0 amide bonds. The lowest BCUT2D eigenvalue weighted by Gasteiger charge is -2.07. The van der Waals surface area contributed by atoms with Gasteiger partial charge in [-0.15, -0.1) is 0 Å². The molecule has 0 radical (unpaired) electrons. The molecule has 0 atom stereocenters. The summed E-state index contributed by atoms with van der Waals surface area (Å²) in [4.78, 5) is 0. The Balaban J connectivity index is 1.20. The molecule has 32 heavy (non-hydrogen) atoms. The SMILES string of the molecule is S=C(Nc1cnn(Cc2ccccc2)c1)Nc1cnn(Cc2cccc3ccccc23)c1. The Bertz CT molecular complexity index is 1350. The number of fused-ring (bicyclic) bond motifs is 1. The Morgan fingerprint density at radius 2 is 1.34 bits per heavy atom. The number of benzene rings is 3. The van der Waals surface area contributed by atoms with Crippen LogP contribution in [-0.2, 0) is 13.1 Å². The van der Waals surface area contributed by atoms with Crippen LogP contribution in [0.15, 0.2) is 97.6 Å². The predicted molar refractivity (Wildman–Crippen MR) is 133 cm³/mol. The Labute approximate surface area is 191 Å². The van der Waals surface area contributed by atoms with Crippen LogP contribution in [0.3, 0.4) is 0 Å². The lowest BCUT2D eigenvalue weighted by Crippen LogP contribution is -2.18. The third-order valence-electron chi connectivity index (χ3n) is 5.18. The molecule has 0 spiro atoms. The number of aromatic nitrogens is 4. The zero-order chi connectivity index (χ0) is 21.8. The Hall–Kier alpha value is -3.97. The highest BCUT2D eigenvalue weighted by Crippen LogP contribution is 2.20. The molecule has 2 aromatic heterocycles. The summed E-state index contributed by atoms with van der Waals surface area (Å²) in [6.45, 7) is 1.40. The molecule has 0 aliphatic carbocycles.